The molecule has 2 fully saturated rings. The van der Waals surface area contributed by atoms with Gasteiger partial charge in [-0.2, -0.15) is 0 Å². The van der Waals surface area contributed by atoms with Crippen molar-refractivity contribution in [2.75, 3.05) is 26.2 Å². The molecule has 1 aromatic heterocycles. The average Bonchev–Trinajstić information content (AvgIpc) is 2.96. The van der Waals surface area contributed by atoms with Gasteiger partial charge in [-0.1, -0.05) is 18.2 Å². The Morgan fingerprint density at radius 1 is 1.07 bits per heavy atom. The van der Waals surface area contributed by atoms with Gasteiger partial charge in [-0.3, -0.25) is 9.88 Å². The predicted octanol–water partition coefficient (Wildman–Crippen LogP) is 3.10. The molecule has 1 aromatic carbocycles. The number of carbonyl (C=O) groups excluding carboxylic acids is 1. The van der Waals surface area contributed by atoms with Gasteiger partial charge in [0.1, 0.15) is 5.75 Å². The van der Waals surface area contributed by atoms with E-state index in [0.29, 0.717) is 39.3 Å². The zero-order chi connectivity index (χ0) is 20.4. The summed E-state index contributed by atoms with van der Waals surface area (Å²) >= 11 is 0. The molecule has 0 radical (unpaired) electrons. The molecule has 0 bridgehead atoms. The maximum atomic E-state index is 12.7. The van der Waals surface area contributed by atoms with Crippen LogP contribution < -0.4 is 4.74 Å². The van der Waals surface area contributed by atoms with Crippen LogP contribution in [0.2, 0.25) is 0 Å². The van der Waals surface area contributed by atoms with Gasteiger partial charge in [-0.05, 0) is 29.8 Å². The number of benzene rings is 1. The van der Waals surface area contributed by atoms with Gasteiger partial charge in [-0.15, -0.1) is 13.2 Å². The summed E-state index contributed by atoms with van der Waals surface area (Å²) in [7, 11) is 0. The highest BCUT2D eigenvalue weighted by molar-refractivity contribution is 5.77. The van der Waals surface area contributed by atoms with Crippen molar-refractivity contribution in [3.63, 3.8) is 0 Å². The molecule has 2 saturated heterocycles. The Balaban J connectivity index is 1.36. The van der Waals surface area contributed by atoms with Crippen LogP contribution in [-0.4, -0.2) is 64.3 Å². The van der Waals surface area contributed by atoms with Gasteiger partial charge in [0.25, 0.3) is 0 Å². The SMILES string of the molecule is O=C1N(Cc2ccccn2)CC2CN(Cc3cccc(OC(F)(F)F)c3)CCN12. The Labute approximate surface area is 166 Å². The third-order valence-corrected chi connectivity index (χ3v) is 5.13. The number of piperazine rings is 1. The van der Waals surface area contributed by atoms with Crippen molar-refractivity contribution < 1.29 is 22.7 Å². The summed E-state index contributed by atoms with van der Waals surface area (Å²) in [5.41, 5.74) is 1.59. The van der Waals surface area contributed by atoms with E-state index < -0.39 is 6.36 Å². The maximum absolute atomic E-state index is 12.7. The van der Waals surface area contributed by atoms with Crippen molar-refractivity contribution in [2.45, 2.75) is 25.5 Å². The van der Waals surface area contributed by atoms with Crippen LogP contribution in [0.1, 0.15) is 11.3 Å². The van der Waals surface area contributed by atoms with Crippen LogP contribution in [0.4, 0.5) is 18.0 Å². The molecule has 0 aliphatic carbocycles. The standard InChI is InChI=1S/C20H21F3N4O2/c21-20(22,23)29-18-6-3-4-15(10-18)11-25-8-9-27-17(13-25)14-26(19(27)28)12-16-5-1-2-7-24-16/h1-7,10,17H,8-9,11-14H2. The number of urea groups is 1. The van der Waals surface area contributed by atoms with E-state index in [4.69, 9.17) is 0 Å². The first-order chi connectivity index (χ1) is 13.9. The Hall–Kier alpha value is -2.81. The fourth-order valence-electron chi connectivity index (χ4n) is 3.90. The van der Waals surface area contributed by atoms with Crippen LogP contribution in [0.15, 0.2) is 48.7 Å². The lowest BCUT2D eigenvalue weighted by molar-refractivity contribution is -0.274. The topological polar surface area (TPSA) is 48.9 Å². The van der Waals surface area contributed by atoms with Gasteiger partial charge in [0.2, 0.25) is 0 Å². The molecule has 29 heavy (non-hydrogen) atoms. The second-order valence-electron chi connectivity index (χ2n) is 7.26. The number of hydrogen-bond acceptors (Lipinski definition) is 4. The van der Waals surface area contributed by atoms with E-state index in [0.717, 1.165) is 11.3 Å². The van der Waals surface area contributed by atoms with E-state index in [1.165, 1.54) is 12.1 Å². The lowest BCUT2D eigenvalue weighted by Gasteiger charge is -2.36. The fraction of sp³-hybridized carbons (Fsp3) is 0.400. The maximum Gasteiger partial charge on any atom is 0.573 e. The number of aromatic nitrogens is 1. The number of halogens is 3. The van der Waals surface area contributed by atoms with E-state index >= 15 is 0 Å². The lowest BCUT2D eigenvalue weighted by atomic mass is 10.1. The molecule has 0 saturated carbocycles. The van der Waals surface area contributed by atoms with Gasteiger partial charge in [0.05, 0.1) is 18.3 Å². The van der Waals surface area contributed by atoms with Crippen molar-refractivity contribution in [3.05, 3.63) is 59.9 Å². The quantitative estimate of drug-likeness (QED) is 0.766. The molecule has 0 spiro atoms. The molecule has 3 heterocycles. The highest BCUT2D eigenvalue weighted by atomic mass is 19.4. The minimum atomic E-state index is -4.70. The first-order valence-electron chi connectivity index (χ1n) is 9.40. The van der Waals surface area contributed by atoms with Gasteiger partial charge < -0.3 is 14.5 Å². The summed E-state index contributed by atoms with van der Waals surface area (Å²) in [5, 5.41) is 0. The number of alkyl halides is 3. The predicted molar refractivity (Wildman–Crippen MR) is 98.9 cm³/mol. The number of nitrogens with zero attached hydrogens (tertiary/aromatic N) is 4. The fourth-order valence-corrected chi connectivity index (χ4v) is 3.90. The summed E-state index contributed by atoms with van der Waals surface area (Å²) in [6.07, 6.45) is -2.99. The van der Waals surface area contributed by atoms with Crippen LogP contribution >= 0.6 is 0 Å². The Morgan fingerprint density at radius 2 is 1.93 bits per heavy atom. The van der Waals surface area contributed by atoms with E-state index in [2.05, 4.69) is 14.6 Å². The molecule has 2 amide bonds. The van der Waals surface area contributed by atoms with Crippen molar-refractivity contribution in [1.29, 1.82) is 0 Å². The summed E-state index contributed by atoms with van der Waals surface area (Å²) < 4.78 is 41.3. The van der Waals surface area contributed by atoms with Gasteiger partial charge >= 0.3 is 12.4 Å². The zero-order valence-electron chi connectivity index (χ0n) is 15.7. The summed E-state index contributed by atoms with van der Waals surface area (Å²) in [6, 6.07) is 11.7. The Bertz CT molecular complexity index is 862. The van der Waals surface area contributed by atoms with Gasteiger partial charge in [0, 0.05) is 38.9 Å². The van der Waals surface area contributed by atoms with Gasteiger partial charge in [-0.25, -0.2) is 4.79 Å². The molecule has 2 aliphatic heterocycles. The Morgan fingerprint density at radius 3 is 2.69 bits per heavy atom. The van der Waals surface area contributed by atoms with Crippen molar-refractivity contribution >= 4 is 6.03 Å². The highest BCUT2D eigenvalue weighted by Crippen LogP contribution is 2.26. The monoisotopic (exact) mass is 406 g/mol. The second kappa shape index (κ2) is 7.90. The minimum absolute atomic E-state index is 0.0147. The number of pyridine rings is 1. The number of amides is 2. The number of ether oxygens (including phenoxy) is 1. The Kier molecular flexibility index (Phi) is 5.31. The molecule has 2 aliphatic rings. The molecule has 9 heteroatoms. The van der Waals surface area contributed by atoms with Crippen LogP contribution in [-0.2, 0) is 13.1 Å². The third-order valence-electron chi connectivity index (χ3n) is 5.13. The third kappa shape index (κ3) is 4.79. The largest absolute Gasteiger partial charge is 0.573 e. The molecular formula is C20H21F3N4O2. The molecule has 2 aromatic rings. The second-order valence-corrected chi connectivity index (χ2v) is 7.26. The normalized spacial score (nSPS) is 20.1. The van der Waals surface area contributed by atoms with Crippen LogP contribution in [0.3, 0.4) is 0 Å². The smallest absolute Gasteiger partial charge is 0.406 e. The number of fused-ring (bicyclic) bond motifs is 1. The van der Waals surface area contributed by atoms with E-state index in [1.54, 1.807) is 23.2 Å². The highest BCUT2D eigenvalue weighted by Gasteiger charge is 2.40. The zero-order valence-corrected chi connectivity index (χ0v) is 15.7. The number of rotatable bonds is 5. The average molecular weight is 406 g/mol. The van der Waals surface area contributed by atoms with Crippen molar-refractivity contribution in [2.24, 2.45) is 0 Å². The van der Waals surface area contributed by atoms with E-state index in [-0.39, 0.29) is 17.8 Å². The minimum Gasteiger partial charge on any atom is -0.406 e. The molecule has 6 nitrogen and oxygen atoms in total. The summed E-state index contributed by atoms with van der Waals surface area (Å²) in [6.45, 7) is 3.54. The van der Waals surface area contributed by atoms with Crippen LogP contribution in [0.25, 0.3) is 0 Å². The molecule has 1 atom stereocenters. The summed E-state index contributed by atoms with van der Waals surface area (Å²) in [4.78, 5) is 22.8. The summed E-state index contributed by atoms with van der Waals surface area (Å²) in [5.74, 6) is -0.216. The molecule has 1 unspecified atom stereocenters. The van der Waals surface area contributed by atoms with Crippen molar-refractivity contribution in [3.8, 4) is 5.75 Å². The van der Waals surface area contributed by atoms with Crippen LogP contribution in [0.5, 0.6) is 5.75 Å². The van der Waals surface area contributed by atoms with Crippen LogP contribution in [0, 0.1) is 0 Å². The number of hydrogen-bond donors (Lipinski definition) is 0. The van der Waals surface area contributed by atoms with Crippen molar-refractivity contribution in [1.82, 2.24) is 19.7 Å². The van der Waals surface area contributed by atoms with E-state index in [9.17, 15) is 18.0 Å². The first-order valence-corrected chi connectivity index (χ1v) is 9.40. The number of carbonyl (C=O) groups is 1. The lowest BCUT2D eigenvalue weighted by Crippen LogP contribution is -2.51. The molecule has 154 valence electrons. The first kappa shape index (κ1) is 19.5. The molecule has 4 rings (SSSR count). The molecule has 0 N–H and O–H groups in total. The van der Waals surface area contributed by atoms with E-state index in [1.807, 2.05) is 23.1 Å². The van der Waals surface area contributed by atoms with Gasteiger partial charge in [0.15, 0.2) is 0 Å². The molecular weight excluding hydrogens is 385 g/mol.